The first-order chi connectivity index (χ1) is 13.5. The highest BCUT2D eigenvalue weighted by atomic mass is 19.1. The van der Waals surface area contributed by atoms with Crippen molar-refractivity contribution in [3.8, 4) is 11.8 Å². The van der Waals surface area contributed by atoms with Crippen molar-refractivity contribution in [2.45, 2.75) is 0 Å². The SMILES string of the molecule is O=C(O)N(c1ccccc1)c1ccc([N+](=O)[O-])c(C#Cc2ccc(F)cc2)c1. The number of rotatable bonds is 3. The summed E-state index contributed by atoms with van der Waals surface area (Å²) in [6, 6.07) is 17.6. The molecule has 1 N–H and O–H groups in total. The number of benzene rings is 3. The van der Waals surface area contributed by atoms with Gasteiger partial charge in [-0.05, 0) is 48.5 Å². The van der Waals surface area contributed by atoms with Crippen LogP contribution in [0.3, 0.4) is 0 Å². The molecule has 7 heteroatoms. The fourth-order valence-electron chi connectivity index (χ4n) is 2.54. The fourth-order valence-corrected chi connectivity index (χ4v) is 2.54. The highest BCUT2D eigenvalue weighted by molar-refractivity contribution is 5.95. The zero-order valence-corrected chi connectivity index (χ0v) is 14.4. The van der Waals surface area contributed by atoms with Crippen LogP contribution in [0.15, 0.2) is 72.8 Å². The van der Waals surface area contributed by atoms with Gasteiger partial charge in [-0.2, -0.15) is 0 Å². The summed E-state index contributed by atoms with van der Waals surface area (Å²) in [5.74, 6) is 5.00. The average Bonchev–Trinajstić information content (AvgIpc) is 2.68. The summed E-state index contributed by atoms with van der Waals surface area (Å²) in [5, 5.41) is 20.9. The normalized spacial score (nSPS) is 9.89. The van der Waals surface area contributed by atoms with Crippen LogP contribution in [0.4, 0.5) is 26.2 Å². The van der Waals surface area contributed by atoms with Crippen LogP contribution >= 0.6 is 0 Å². The number of carboxylic acid groups (broad SMARTS) is 1. The zero-order valence-electron chi connectivity index (χ0n) is 14.4. The smallest absolute Gasteiger partial charge is 0.416 e. The van der Waals surface area contributed by atoms with Crippen molar-refractivity contribution in [1.29, 1.82) is 0 Å². The number of hydrogen-bond acceptors (Lipinski definition) is 3. The Morgan fingerprint density at radius 1 is 0.964 bits per heavy atom. The Morgan fingerprint density at radius 3 is 2.25 bits per heavy atom. The Morgan fingerprint density at radius 2 is 1.64 bits per heavy atom. The van der Waals surface area contributed by atoms with Gasteiger partial charge in [-0.25, -0.2) is 14.1 Å². The molecule has 3 aromatic rings. The summed E-state index contributed by atoms with van der Waals surface area (Å²) < 4.78 is 13.0. The van der Waals surface area contributed by atoms with E-state index in [4.69, 9.17) is 0 Å². The zero-order chi connectivity index (χ0) is 20.1. The number of para-hydroxylation sites is 1. The lowest BCUT2D eigenvalue weighted by atomic mass is 10.1. The number of nitro groups is 1. The van der Waals surface area contributed by atoms with Crippen molar-refractivity contribution in [2.24, 2.45) is 0 Å². The van der Waals surface area contributed by atoms with E-state index < -0.39 is 16.8 Å². The van der Waals surface area contributed by atoms with Crippen LogP contribution in [0.5, 0.6) is 0 Å². The summed E-state index contributed by atoms with van der Waals surface area (Å²) in [5.41, 5.74) is 0.874. The number of nitro benzene ring substituents is 1. The molecule has 138 valence electrons. The summed E-state index contributed by atoms with van der Waals surface area (Å²) in [6.45, 7) is 0. The number of hydrogen-bond donors (Lipinski definition) is 1. The van der Waals surface area contributed by atoms with Crippen LogP contribution in [-0.2, 0) is 0 Å². The van der Waals surface area contributed by atoms with E-state index in [1.165, 1.54) is 42.5 Å². The molecular weight excluding hydrogens is 363 g/mol. The molecule has 3 rings (SSSR count). The third kappa shape index (κ3) is 4.14. The maximum Gasteiger partial charge on any atom is 0.416 e. The molecule has 0 saturated carbocycles. The second kappa shape index (κ2) is 8.01. The summed E-state index contributed by atoms with van der Waals surface area (Å²) in [7, 11) is 0. The van der Waals surface area contributed by atoms with Gasteiger partial charge in [0.15, 0.2) is 0 Å². The molecule has 0 saturated heterocycles. The monoisotopic (exact) mass is 376 g/mol. The van der Waals surface area contributed by atoms with Gasteiger partial charge in [-0.15, -0.1) is 0 Å². The van der Waals surface area contributed by atoms with Crippen molar-refractivity contribution in [2.75, 3.05) is 4.90 Å². The Labute approximate surface area is 159 Å². The van der Waals surface area contributed by atoms with Crippen molar-refractivity contribution in [3.63, 3.8) is 0 Å². The molecule has 28 heavy (non-hydrogen) atoms. The minimum Gasteiger partial charge on any atom is -0.464 e. The molecule has 0 aliphatic rings. The quantitative estimate of drug-likeness (QED) is 0.398. The largest absolute Gasteiger partial charge is 0.464 e. The Kier molecular flexibility index (Phi) is 5.33. The van der Waals surface area contributed by atoms with E-state index in [0.717, 1.165) is 4.90 Å². The molecule has 0 atom stereocenters. The van der Waals surface area contributed by atoms with E-state index >= 15 is 0 Å². The maximum atomic E-state index is 13.0. The lowest BCUT2D eigenvalue weighted by Gasteiger charge is -2.19. The predicted octanol–water partition coefficient (Wildman–Crippen LogP) is 4.95. The predicted molar refractivity (Wildman–Crippen MR) is 102 cm³/mol. The van der Waals surface area contributed by atoms with Gasteiger partial charge in [-0.1, -0.05) is 30.0 Å². The molecule has 0 spiro atoms. The molecule has 1 amide bonds. The van der Waals surface area contributed by atoms with E-state index in [-0.39, 0.29) is 16.9 Å². The third-order valence-electron chi connectivity index (χ3n) is 3.83. The first-order valence-corrected chi connectivity index (χ1v) is 8.10. The number of amides is 1. The second-order valence-electron chi connectivity index (χ2n) is 5.67. The molecule has 0 aromatic heterocycles. The van der Waals surface area contributed by atoms with Crippen molar-refractivity contribution >= 4 is 23.2 Å². The molecule has 0 aliphatic carbocycles. The van der Waals surface area contributed by atoms with E-state index in [1.54, 1.807) is 30.3 Å². The molecule has 0 radical (unpaired) electrons. The Bertz CT molecular complexity index is 1090. The molecule has 6 nitrogen and oxygen atoms in total. The minimum absolute atomic E-state index is 0.0500. The third-order valence-corrected chi connectivity index (χ3v) is 3.83. The topological polar surface area (TPSA) is 83.7 Å². The van der Waals surface area contributed by atoms with E-state index in [0.29, 0.717) is 11.3 Å². The molecule has 0 unspecified atom stereocenters. The minimum atomic E-state index is -1.24. The number of nitrogens with zero attached hydrogens (tertiary/aromatic N) is 2. The van der Waals surface area contributed by atoms with Gasteiger partial charge in [-0.3, -0.25) is 10.1 Å². The fraction of sp³-hybridized carbons (Fsp3) is 0. The standard InChI is InChI=1S/C21H13FN2O4/c22-17-10-7-15(8-11-17)6-9-16-14-19(12-13-20(16)24(27)28)23(21(25)26)18-4-2-1-3-5-18/h1-5,7-8,10-14H,(H,25,26). The lowest BCUT2D eigenvalue weighted by Crippen LogP contribution is -2.23. The first-order valence-electron chi connectivity index (χ1n) is 8.10. The molecule has 0 bridgehead atoms. The Hall–Kier alpha value is -4.18. The highest BCUT2D eigenvalue weighted by Gasteiger charge is 2.20. The van der Waals surface area contributed by atoms with E-state index in [2.05, 4.69) is 11.8 Å². The average molecular weight is 376 g/mol. The molecular formula is C21H13FN2O4. The van der Waals surface area contributed by atoms with Gasteiger partial charge in [0, 0.05) is 11.6 Å². The molecule has 0 heterocycles. The van der Waals surface area contributed by atoms with Crippen LogP contribution in [0.2, 0.25) is 0 Å². The number of anilines is 2. The van der Waals surface area contributed by atoms with Gasteiger partial charge in [0.2, 0.25) is 0 Å². The van der Waals surface area contributed by atoms with Crippen LogP contribution in [-0.4, -0.2) is 16.1 Å². The van der Waals surface area contributed by atoms with Gasteiger partial charge >= 0.3 is 6.09 Å². The maximum absolute atomic E-state index is 13.0. The molecule has 0 aliphatic heterocycles. The lowest BCUT2D eigenvalue weighted by molar-refractivity contribution is -0.385. The second-order valence-corrected chi connectivity index (χ2v) is 5.67. The summed E-state index contributed by atoms with van der Waals surface area (Å²) in [6.07, 6.45) is -1.24. The Balaban J connectivity index is 2.08. The van der Waals surface area contributed by atoms with E-state index in [1.807, 2.05) is 0 Å². The number of carbonyl (C=O) groups is 1. The number of halogens is 1. The van der Waals surface area contributed by atoms with Gasteiger partial charge in [0.25, 0.3) is 5.69 Å². The van der Waals surface area contributed by atoms with Crippen LogP contribution in [0.1, 0.15) is 11.1 Å². The van der Waals surface area contributed by atoms with Crippen molar-refractivity contribution in [1.82, 2.24) is 0 Å². The molecule has 3 aromatic carbocycles. The summed E-state index contributed by atoms with van der Waals surface area (Å²) in [4.78, 5) is 23.5. The van der Waals surface area contributed by atoms with E-state index in [9.17, 15) is 24.4 Å². The van der Waals surface area contributed by atoms with Crippen molar-refractivity contribution < 1.29 is 19.2 Å². The van der Waals surface area contributed by atoms with Gasteiger partial charge < -0.3 is 5.11 Å². The van der Waals surface area contributed by atoms with Crippen LogP contribution in [0.25, 0.3) is 0 Å². The molecule has 0 fully saturated rings. The highest BCUT2D eigenvalue weighted by Crippen LogP contribution is 2.30. The summed E-state index contributed by atoms with van der Waals surface area (Å²) >= 11 is 0. The van der Waals surface area contributed by atoms with Crippen LogP contribution in [0, 0.1) is 27.8 Å². The first kappa shape index (κ1) is 18.6. The van der Waals surface area contributed by atoms with Gasteiger partial charge in [0.1, 0.15) is 11.4 Å². The van der Waals surface area contributed by atoms with Crippen LogP contribution < -0.4 is 4.90 Å². The van der Waals surface area contributed by atoms with Crippen molar-refractivity contribution in [3.05, 3.63) is 99.9 Å². The van der Waals surface area contributed by atoms with Gasteiger partial charge in [0.05, 0.1) is 16.3 Å².